The summed E-state index contributed by atoms with van der Waals surface area (Å²) in [5, 5.41) is 2.74. The number of carbonyl (C=O) groups is 1. The van der Waals surface area contributed by atoms with Crippen LogP contribution in [0.2, 0.25) is 20.2 Å². The Labute approximate surface area is 126 Å². The lowest BCUT2D eigenvalue weighted by atomic mass is 10.1. The van der Waals surface area contributed by atoms with Crippen molar-refractivity contribution < 1.29 is 4.79 Å². The van der Waals surface area contributed by atoms with Gasteiger partial charge in [-0.1, -0.05) is 60.3 Å². The Kier molecular flexibility index (Phi) is 5.99. The number of amides is 1. The Hall–Kier alpha value is -0.220. The number of nitrogens with zero attached hydrogens (tertiary/aromatic N) is 1. The molecule has 3 nitrogen and oxygen atoms in total. The van der Waals surface area contributed by atoms with E-state index in [-0.39, 0.29) is 25.9 Å². The number of hydrogen-bond donors (Lipinski definition) is 1. The second-order valence-corrected chi connectivity index (χ2v) is 5.62. The highest BCUT2D eigenvalue weighted by molar-refractivity contribution is 6.52. The summed E-state index contributed by atoms with van der Waals surface area (Å²) >= 11 is 23.3. The fourth-order valence-electron chi connectivity index (χ4n) is 1.20. The van der Waals surface area contributed by atoms with E-state index in [1.54, 1.807) is 0 Å². The molecule has 1 N–H and O–H groups in total. The maximum Gasteiger partial charge on any atom is 0.271 e. The standard InChI is InChI=1S/C11H12Cl4N2O/c1-5(2)3-4-16-11(18)9-7(13)6(12)8(14)10(15)17-9/h5H,3-4H2,1-2H3,(H,16,18). The van der Waals surface area contributed by atoms with E-state index in [1.807, 2.05) is 0 Å². The third-order valence-electron chi connectivity index (χ3n) is 2.21. The van der Waals surface area contributed by atoms with Crippen LogP contribution in [0.4, 0.5) is 0 Å². The molecule has 1 amide bonds. The van der Waals surface area contributed by atoms with Crippen molar-refractivity contribution in [3.8, 4) is 0 Å². The minimum atomic E-state index is -0.416. The predicted molar refractivity (Wildman–Crippen MR) is 76.1 cm³/mol. The molecule has 7 heteroatoms. The maximum absolute atomic E-state index is 11.8. The van der Waals surface area contributed by atoms with Crippen molar-refractivity contribution in [3.63, 3.8) is 0 Å². The molecule has 1 heterocycles. The third-order valence-corrected chi connectivity index (χ3v) is 3.88. The molecule has 0 aliphatic rings. The fraction of sp³-hybridized carbons (Fsp3) is 0.455. The van der Waals surface area contributed by atoms with Crippen LogP contribution in [0.15, 0.2) is 0 Å². The van der Waals surface area contributed by atoms with Crippen LogP contribution in [0.5, 0.6) is 0 Å². The van der Waals surface area contributed by atoms with Crippen molar-refractivity contribution in [2.24, 2.45) is 5.92 Å². The first kappa shape index (κ1) is 15.8. The topological polar surface area (TPSA) is 42.0 Å². The van der Waals surface area contributed by atoms with Crippen LogP contribution in [0, 0.1) is 5.92 Å². The lowest BCUT2D eigenvalue weighted by Gasteiger charge is -2.09. The molecule has 0 fully saturated rings. The van der Waals surface area contributed by atoms with Crippen LogP contribution < -0.4 is 5.32 Å². The number of nitrogens with one attached hydrogen (secondary N) is 1. The Bertz CT molecular complexity index is 463. The average Bonchev–Trinajstić information content (AvgIpc) is 2.30. The van der Waals surface area contributed by atoms with Crippen LogP contribution in [0.1, 0.15) is 30.8 Å². The minimum absolute atomic E-state index is 0.00751. The van der Waals surface area contributed by atoms with Crippen molar-refractivity contribution in [2.75, 3.05) is 6.54 Å². The summed E-state index contributed by atoms with van der Waals surface area (Å²) < 4.78 is 0. The zero-order valence-corrected chi connectivity index (χ0v) is 12.9. The van der Waals surface area contributed by atoms with Crippen molar-refractivity contribution >= 4 is 52.3 Å². The van der Waals surface area contributed by atoms with E-state index in [0.29, 0.717) is 12.5 Å². The van der Waals surface area contributed by atoms with Gasteiger partial charge in [-0.2, -0.15) is 0 Å². The molecule has 0 aliphatic carbocycles. The number of rotatable bonds is 4. The van der Waals surface area contributed by atoms with E-state index in [1.165, 1.54) is 0 Å². The number of halogens is 4. The van der Waals surface area contributed by atoms with Gasteiger partial charge in [0.2, 0.25) is 0 Å². The molecule has 0 atom stereocenters. The van der Waals surface area contributed by atoms with Crippen LogP contribution in [-0.4, -0.2) is 17.4 Å². The molecule has 0 spiro atoms. The first-order valence-corrected chi connectivity index (χ1v) is 6.84. The first-order valence-electron chi connectivity index (χ1n) is 5.32. The van der Waals surface area contributed by atoms with Crippen LogP contribution in [0.3, 0.4) is 0 Å². The lowest BCUT2D eigenvalue weighted by molar-refractivity contribution is 0.0947. The van der Waals surface area contributed by atoms with Gasteiger partial charge in [0.1, 0.15) is 10.8 Å². The van der Waals surface area contributed by atoms with E-state index >= 15 is 0 Å². The third kappa shape index (κ3) is 3.89. The summed E-state index contributed by atoms with van der Waals surface area (Å²) in [7, 11) is 0. The molecule has 0 aliphatic heterocycles. The molecule has 1 rings (SSSR count). The van der Waals surface area contributed by atoms with Gasteiger partial charge in [-0.05, 0) is 12.3 Å². The molecule has 1 aromatic heterocycles. The number of aromatic nitrogens is 1. The highest BCUT2D eigenvalue weighted by Gasteiger charge is 2.19. The Morgan fingerprint density at radius 1 is 1.17 bits per heavy atom. The molecule has 0 saturated carbocycles. The van der Waals surface area contributed by atoms with Crippen LogP contribution >= 0.6 is 46.4 Å². The molecular weight excluding hydrogens is 318 g/mol. The molecule has 0 aromatic carbocycles. The van der Waals surface area contributed by atoms with Gasteiger partial charge in [-0.3, -0.25) is 4.79 Å². The molecular formula is C11H12Cl4N2O. The number of hydrogen-bond acceptors (Lipinski definition) is 2. The van der Waals surface area contributed by atoms with Gasteiger partial charge in [-0.15, -0.1) is 0 Å². The average molecular weight is 330 g/mol. The number of carbonyl (C=O) groups excluding carboxylic acids is 1. The second kappa shape index (κ2) is 6.80. The summed E-state index contributed by atoms with van der Waals surface area (Å²) in [6, 6.07) is 0. The molecule has 0 saturated heterocycles. The second-order valence-electron chi connectivity index (χ2n) is 4.13. The molecule has 0 radical (unpaired) electrons. The van der Waals surface area contributed by atoms with Crippen molar-refractivity contribution in [2.45, 2.75) is 20.3 Å². The monoisotopic (exact) mass is 328 g/mol. The van der Waals surface area contributed by atoms with Crippen molar-refractivity contribution in [1.82, 2.24) is 10.3 Å². The van der Waals surface area contributed by atoms with Crippen molar-refractivity contribution in [3.05, 3.63) is 25.9 Å². The zero-order chi connectivity index (χ0) is 13.9. The Balaban J connectivity index is 2.87. The SMILES string of the molecule is CC(C)CCNC(=O)c1nc(Cl)c(Cl)c(Cl)c1Cl. The van der Waals surface area contributed by atoms with Gasteiger partial charge in [-0.25, -0.2) is 4.98 Å². The van der Waals surface area contributed by atoms with Gasteiger partial charge in [0.25, 0.3) is 5.91 Å². The fourth-order valence-corrected chi connectivity index (χ4v) is 2.01. The van der Waals surface area contributed by atoms with E-state index in [4.69, 9.17) is 46.4 Å². The van der Waals surface area contributed by atoms with E-state index in [0.717, 1.165) is 6.42 Å². The van der Waals surface area contributed by atoms with Crippen molar-refractivity contribution in [1.29, 1.82) is 0 Å². The van der Waals surface area contributed by atoms with Crippen LogP contribution in [-0.2, 0) is 0 Å². The molecule has 0 bridgehead atoms. The Morgan fingerprint density at radius 2 is 1.78 bits per heavy atom. The summed E-state index contributed by atoms with van der Waals surface area (Å²) in [6.07, 6.45) is 0.860. The Morgan fingerprint density at radius 3 is 2.33 bits per heavy atom. The number of pyridine rings is 1. The minimum Gasteiger partial charge on any atom is -0.351 e. The highest BCUT2D eigenvalue weighted by Crippen LogP contribution is 2.35. The zero-order valence-electron chi connectivity index (χ0n) is 9.86. The molecule has 100 valence electrons. The van der Waals surface area contributed by atoms with Gasteiger partial charge in [0.15, 0.2) is 0 Å². The lowest BCUT2D eigenvalue weighted by Crippen LogP contribution is -2.26. The van der Waals surface area contributed by atoms with Gasteiger partial charge < -0.3 is 5.32 Å². The van der Waals surface area contributed by atoms with E-state index in [2.05, 4.69) is 24.1 Å². The molecule has 0 unspecified atom stereocenters. The van der Waals surface area contributed by atoms with Gasteiger partial charge >= 0.3 is 0 Å². The molecule has 1 aromatic rings. The maximum atomic E-state index is 11.8. The van der Waals surface area contributed by atoms with Gasteiger partial charge in [0, 0.05) is 6.54 Å². The summed E-state index contributed by atoms with van der Waals surface area (Å²) in [5.41, 5.74) is -0.0141. The molecule has 18 heavy (non-hydrogen) atoms. The largest absolute Gasteiger partial charge is 0.351 e. The predicted octanol–water partition coefficient (Wildman–Crippen LogP) is 4.47. The van der Waals surface area contributed by atoms with Crippen LogP contribution in [0.25, 0.3) is 0 Å². The van der Waals surface area contributed by atoms with Gasteiger partial charge in [0.05, 0.1) is 15.1 Å². The van der Waals surface area contributed by atoms with E-state index < -0.39 is 5.91 Å². The first-order chi connectivity index (χ1) is 8.34. The summed E-state index contributed by atoms with van der Waals surface area (Å²) in [4.78, 5) is 15.7. The normalized spacial score (nSPS) is 10.8. The smallest absolute Gasteiger partial charge is 0.271 e. The van der Waals surface area contributed by atoms with E-state index in [9.17, 15) is 4.79 Å². The highest BCUT2D eigenvalue weighted by atomic mass is 35.5. The quantitative estimate of drug-likeness (QED) is 0.828. The summed E-state index contributed by atoms with van der Waals surface area (Å²) in [6.45, 7) is 4.66. The summed E-state index contributed by atoms with van der Waals surface area (Å²) in [5.74, 6) is 0.0761.